The number of hydrogen-bond acceptors (Lipinski definition) is 2. The molecule has 3 aliphatic carbocycles. The van der Waals surface area contributed by atoms with Crippen molar-refractivity contribution in [3.8, 4) is 0 Å². The van der Waals surface area contributed by atoms with Crippen LogP contribution in [0.2, 0.25) is 0 Å². The van der Waals surface area contributed by atoms with Crippen molar-refractivity contribution in [2.24, 2.45) is 35.0 Å². The Labute approximate surface area is 184 Å². The highest BCUT2D eigenvalue weighted by Crippen LogP contribution is 2.51. The third-order valence-electron chi connectivity index (χ3n) is 8.37. The van der Waals surface area contributed by atoms with E-state index in [-0.39, 0.29) is 0 Å². The zero-order valence-corrected chi connectivity index (χ0v) is 19.9. The Hall–Kier alpha value is -1.12. The van der Waals surface area contributed by atoms with Gasteiger partial charge in [0.1, 0.15) is 0 Å². The third kappa shape index (κ3) is 5.37. The molecule has 0 radical (unpaired) electrons. The summed E-state index contributed by atoms with van der Waals surface area (Å²) >= 11 is 0. The van der Waals surface area contributed by atoms with Gasteiger partial charge in [0.2, 0.25) is 0 Å². The number of allylic oxidation sites excluding steroid dienone is 5. The fourth-order valence-electron chi connectivity index (χ4n) is 5.80. The minimum absolute atomic E-state index is 0.326. The highest BCUT2D eigenvalue weighted by molar-refractivity contribution is 5.38. The number of aliphatic hydroxyl groups excluding tert-OH is 2. The van der Waals surface area contributed by atoms with E-state index in [1.54, 1.807) is 5.57 Å². The van der Waals surface area contributed by atoms with Crippen molar-refractivity contribution in [2.75, 3.05) is 0 Å². The quantitative estimate of drug-likeness (QED) is 0.510. The first-order chi connectivity index (χ1) is 14.1. The van der Waals surface area contributed by atoms with E-state index in [1.165, 1.54) is 32.1 Å². The normalized spacial score (nSPS) is 37.7. The summed E-state index contributed by atoms with van der Waals surface area (Å²) in [5.41, 5.74) is 3.73. The first-order valence-corrected chi connectivity index (χ1v) is 12.2. The summed E-state index contributed by atoms with van der Waals surface area (Å²) in [5, 5.41) is 20.1. The van der Waals surface area contributed by atoms with Crippen LogP contribution in [0.3, 0.4) is 0 Å². The molecular weight excluding hydrogens is 368 g/mol. The Morgan fingerprint density at radius 2 is 1.77 bits per heavy atom. The van der Waals surface area contributed by atoms with Crippen LogP contribution >= 0.6 is 0 Å². The number of hydrogen-bond donors (Lipinski definition) is 2. The second-order valence-electron chi connectivity index (χ2n) is 11.4. The van der Waals surface area contributed by atoms with Gasteiger partial charge in [-0.1, -0.05) is 71.1 Å². The lowest BCUT2D eigenvalue weighted by Crippen LogP contribution is -2.27. The van der Waals surface area contributed by atoms with Crippen molar-refractivity contribution >= 4 is 0 Å². The minimum atomic E-state index is -0.600. The largest absolute Gasteiger partial charge is 0.393 e. The standard InChI is InChI=1S/C28H44O2/c1-18(10-11-19(2)28(4,5)6)24-14-15-25-21(8-7-9-26(24)25)12-13-22-16-23(29)17-27(30)20(22)3/h10-13,18-19,23-27,29-30H,3,7-9,14-17H2,1-2,4-6H3/b11-10+,21-12+,22-13-/t18?,19-,23+,24?,25?,26?,27-/m0/s1. The SMILES string of the molecule is C=C1/C(=C\C=C2/CCCC3C2CCC3C(C)/C=C/[C@H](C)C(C)(C)C)C[C@@H](O)C[C@@H]1O. The second kappa shape index (κ2) is 9.57. The Balaban J connectivity index is 1.69. The molecule has 0 heterocycles. The average Bonchev–Trinajstić information content (AvgIpc) is 3.11. The summed E-state index contributed by atoms with van der Waals surface area (Å²) < 4.78 is 0. The molecular formula is C28H44O2. The van der Waals surface area contributed by atoms with Crippen LogP contribution < -0.4 is 0 Å². The molecule has 3 aliphatic rings. The zero-order valence-electron chi connectivity index (χ0n) is 19.9. The molecule has 0 aromatic rings. The maximum atomic E-state index is 10.1. The topological polar surface area (TPSA) is 40.5 Å². The summed E-state index contributed by atoms with van der Waals surface area (Å²) in [6.45, 7) is 15.8. The number of fused-ring (bicyclic) bond motifs is 1. The highest BCUT2D eigenvalue weighted by atomic mass is 16.3. The maximum Gasteiger partial charge on any atom is 0.0811 e. The van der Waals surface area contributed by atoms with Gasteiger partial charge in [-0.05, 0) is 84.7 Å². The molecule has 3 fully saturated rings. The van der Waals surface area contributed by atoms with E-state index in [4.69, 9.17) is 0 Å². The Bertz CT molecular complexity index is 705. The van der Waals surface area contributed by atoms with E-state index >= 15 is 0 Å². The van der Waals surface area contributed by atoms with Gasteiger partial charge < -0.3 is 10.2 Å². The van der Waals surface area contributed by atoms with Crippen molar-refractivity contribution < 1.29 is 10.2 Å². The fourth-order valence-corrected chi connectivity index (χ4v) is 5.80. The molecule has 2 N–H and O–H groups in total. The monoisotopic (exact) mass is 412 g/mol. The van der Waals surface area contributed by atoms with E-state index in [0.29, 0.717) is 36.0 Å². The van der Waals surface area contributed by atoms with Crippen LogP contribution in [0.4, 0.5) is 0 Å². The van der Waals surface area contributed by atoms with Crippen molar-refractivity contribution in [2.45, 2.75) is 91.8 Å². The summed E-state index contributed by atoms with van der Waals surface area (Å²) in [6.07, 6.45) is 15.9. The number of aliphatic hydroxyl groups is 2. The minimum Gasteiger partial charge on any atom is -0.393 e. The van der Waals surface area contributed by atoms with Gasteiger partial charge in [0.25, 0.3) is 0 Å². The second-order valence-corrected chi connectivity index (χ2v) is 11.4. The van der Waals surface area contributed by atoms with Crippen LogP contribution in [0.15, 0.2) is 47.6 Å². The Kier molecular flexibility index (Phi) is 7.51. The molecule has 0 bridgehead atoms. The molecule has 4 unspecified atom stereocenters. The van der Waals surface area contributed by atoms with Gasteiger partial charge in [-0.15, -0.1) is 0 Å². The summed E-state index contributed by atoms with van der Waals surface area (Å²) in [4.78, 5) is 0. The van der Waals surface area contributed by atoms with Gasteiger partial charge >= 0.3 is 0 Å². The summed E-state index contributed by atoms with van der Waals surface area (Å²) in [5.74, 6) is 3.55. The molecule has 30 heavy (non-hydrogen) atoms. The summed E-state index contributed by atoms with van der Waals surface area (Å²) in [7, 11) is 0. The molecule has 2 nitrogen and oxygen atoms in total. The molecule has 0 spiro atoms. The predicted molar refractivity (Wildman–Crippen MR) is 127 cm³/mol. The Morgan fingerprint density at radius 3 is 2.47 bits per heavy atom. The van der Waals surface area contributed by atoms with Gasteiger partial charge in [0.05, 0.1) is 12.2 Å². The first kappa shape index (κ1) is 23.5. The van der Waals surface area contributed by atoms with E-state index in [9.17, 15) is 10.2 Å². The molecule has 0 aromatic heterocycles. The lowest BCUT2D eigenvalue weighted by Gasteiger charge is -2.34. The van der Waals surface area contributed by atoms with Gasteiger partial charge in [0.15, 0.2) is 0 Å². The smallest absolute Gasteiger partial charge is 0.0811 e. The molecule has 0 amide bonds. The van der Waals surface area contributed by atoms with Crippen LogP contribution in [0.25, 0.3) is 0 Å². The van der Waals surface area contributed by atoms with Crippen LogP contribution in [0.5, 0.6) is 0 Å². The van der Waals surface area contributed by atoms with Crippen LogP contribution in [0.1, 0.15) is 79.6 Å². The van der Waals surface area contributed by atoms with Crippen LogP contribution in [0, 0.1) is 35.0 Å². The Morgan fingerprint density at radius 1 is 1.03 bits per heavy atom. The van der Waals surface area contributed by atoms with Gasteiger partial charge in [-0.3, -0.25) is 0 Å². The molecule has 3 saturated carbocycles. The maximum absolute atomic E-state index is 10.1. The first-order valence-electron chi connectivity index (χ1n) is 12.2. The van der Waals surface area contributed by atoms with Crippen molar-refractivity contribution in [1.29, 1.82) is 0 Å². The summed E-state index contributed by atoms with van der Waals surface area (Å²) in [6, 6.07) is 0. The lowest BCUT2D eigenvalue weighted by molar-refractivity contribution is 0.0862. The third-order valence-corrected chi connectivity index (χ3v) is 8.37. The van der Waals surface area contributed by atoms with E-state index < -0.39 is 12.2 Å². The van der Waals surface area contributed by atoms with E-state index in [0.717, 1.165) is 23.0 Å². The van der Waals surface area contributed by atoms with Crippen LogP contribution in [-0.4, -0.2) is 22.4 Å². The molecule has 168 valence electrons. The molecule has 2 heteroatoms. The average molecular weight is 413 g/mol. The molecule has 0 aromatic carbocycles. The van der Waals surface area contributed by atoms with Crippen molar-refractivity contribution in [1.82, 2.24) is 0 Å². The van der Waals surface area contributed by atoms with E-state index in [2.05, 4.69) is 65.5 Å². The molecule has 0 saturated heterocycles. The number of rotatable bonds is 4. The molecule has 7 atom stereocenters. The van der Waals surface area contributed by atoms with Gasteiger partial charge in [-0.2, -0.15) is 0 Å². The van der Waals surface area contributed by atoms with Crippen LogP contribution in [-0.2, 0) is 0 Å². The molecule has 0 aliphatic heterocycles. The predicted octanol–water partition coefficient (Wildman–Crippen LogP) is 6.61. The van der Waals surface area contributed by atoms with Gasteiger partial charge in [-0.25, -0.2) is 0 Å². The van der Waals surface area contributed by atoms with Crippen molar-refractivity contribution in [3.05, 3.63) is 47.6 Å². The zero-order chi connectivity index (χ0) is 22.1. The van der Waals surface area contributed by atoms with E-state index in [1.807, 2.05) is 0 Å². The fraction of sp³-hybridized carbons (Fsp3) is 0.714. The van der Waals surface area contributed by atoms with Crippen molar-refractivity contribution in [3.63, 3.8) is 0 Å². The molecule has 3 rings (SSSR count). The van der Waals surface area contributed by atoms with Gasteiger partial charge in [0, 0.05) is 6.42 Å². The highest BCUT2D eigenvalue weighted by Gasteiger charge is 2.41. The lowest BCUT2D eigenvalue weighted by atomic mass is 9.71.